The summed E-state index contributed by atoms with van der Waals surface area (Å²) < 4.78 is 37.6. The summed E-state index contributed by atoms with van der Waals surface area (Å²) in [5.74, 6) is -1.52. The summed E-state index contributed by atoms with van der Waals surface area (Å²) in [5.41, 5.74) is 1.51. The Morgan fingerprint density at radius 2 is 1.72 bits per heavy atom. The van der Waals surface area contributed by atoms with E-state index in [9.17, 15) is 0 Å². The summed E-state index contributed by atoms with van der Waals surface area (Å²) in [7, 11) is 0. The van der Waals surface area contributed by atoms with Gasteiger partial charge in [-0.05, 0) is 52.0 Å². The summed E-state index contributed by atoms with van der Waals surface area (Å²) in [6.07, 6.45) is -2.11. The molecule has 0 bridgehead atoms. The third-order valence-corrected chi connectivity index (χ3v) is 5.44. The molecule has 156 valence electrons. The highest BCUT2D eigenvalue weighted by atomic mass is 32.1. The second kappa shape index (κ2) is 6.66. The van der Waals surface area contributed by atoms with Crippen LogP contribution in [0.4, 0.5) is 0 Å². The molecule has 9 nitrogen and oxygen atoms in total. The number of para-hydroxylation sites is 1. The number of hydrogen-bond donors (Lipinski definition) is 0. The Hall–Kier alpha value is -1.69. The van der Waals surface area contributed by atoms with Crippen molar-refractivity contribution in [2.45, 2.75) is 70.0 Å². The van der Waals surface area contributed by atoms with Crippen molar-refractivity contribution in [3.63, 3.8) is 0 Å². The van der Waals surface area contributed by atoms with Gasteiger partial charge in [-0.1, -0.05) is 17.3 Å². The molecular formula is C19H23N3O6S. The molecule has 2 aromatic rings. The van der Waals surface area contributed by atoms with Crippen molar-refractivity contribution in [2.24, 2.45) is 0 Å². The molecule has 0 aliphatic carbocycles. The fraction of sp³-hybridized carbons (Fsp3) is 0.632. The largest absolute Gasteiger partial charge is 0.467 e. The maximum Gasteiger partial charge on any atom is 0.286 e. The van der Waals surface area contributed by atoms with E-state index >= 15 is 0 Å². The number of aromatic nitrogens is 3. The first kappa shape index (κ1) is 19.3. The molecule has 0 saturated carbocycles. The van der Waals surface area contributed by atoms with Crippen molar-refractivity contribution in [3.8, 4) is 0 Å². The second-order valence-corrected chi connectivity index (χ2v) is 8.62. The van der Waals surface area contributed by atoms with Gasteiger partial charge in [0.15, 0.2) is 17.9 Å². The highest BCUT2D eigenvalue weighted by molar-refractivity contribution is 7.80. The lowest BCUT2D eigenvalue weighted by molar-refractivity contribution is -0.239. The van der Waals surface area contributed by atoms with E-state index in [0.717, 1.165) is 11.0 Å². The van der Waals surface area contributed by atoms with Crippen LogP contribution in [0.15, 0.2) is 24.3 Å². The minimum absolute atomic E-state index is 0.153. The third-order valence-electron chi connectivity index (χ3n) is 5.15. The zero-order valence-electron chi connectivity index (χ0n) is 16.6. The van der Waals surface area contributed by atoms with Crippen LogP contribution in [-0.4, -0.2) is 69.1 Å². The fourth-order valence-corrected chi connectivity index (χ4v) is 4.25. The molecule has 5 rings (SSSR count). The Morgan fingerprint density at radius 1 is 1.03 bits per heavy atom. The maximum atomic E-state index is 6.13. The molecule has 4 heterocycles. The van der Waals surface area contributed by atoms with Gasteiger partial charge in [-0.3, -0.25) is 0 Å². The van der Waals surface area contributed by atoms with Gasteiger partial charge in [0, 0.05) is 0 Å². The van der Waals surface area contributed by atoms with E-state index in [1.54, 1.807) is 0 Å². The Balaban J connectivity index is 1.33. The van der Waals surface area contributed by atoms with Gasteiger partial charge < -0.3 is 28.4 Å². The van der Waals surface area contributed by atoms with E-state index in [1.165, 1.54) is 4.68 Å². The van der Waals surface area contributed by atoms with Gasteiger partial charge in [0.2, 0.25) is 0 Å². The first-order chi connectivity index (χ1) is 13.7. The molecule has 0 radical (unpaired) electrons. The molecule has 0 spiro atoms. The second-order valence-electron chi connectivity index (χ2n) is 8.27. The average Bonchev–Trinajstić information content (AvgIpc) is 3.30. The SMILES string of the molecule is CC1(C)O[C@H]2[C@@H](O1)[C@@H](COC(=S)n1nnc3ccccc31)O[C@@H]1OC(C)(C)O[C@@H]12. The highest BCUT2D eigenvalue weighted by Gasteiger charge is 2.60. The molecule has 1 aromatic carbocycles. The zero-order valence-corrected chi connectivity index (χ0v) is 17.4. The van der Waals surface area contributed by atoms with Crippen LogP contribution >= 0.6 is 12.2 Å². The Morgan fingerprint density at radius 3 is 2.55 bits per heavy atom. The van der Waals surface area contributed by atoms with Gasteiger partial charge in [-0.15, -0.1) is 5.10 Å². The summed E-state index contributed by atoms with van der Waals surface area (Å²) >= 11 is 5.42. The lowest BCUT2D eigenvalue weighted by atomic mass is 9.99. The van der Waals surface area contributed by atoms with Crippen LogP contribution in [0, 0.1) is 0 Å². The van der Waals surface area contributed by atoms with Crippen LogP contribution in [-0.2, 0) is 28.4 Å². The van der Waals surface area contributed by atoms with E-state index in [1.807, 2.05) is 52.0 Å². The molecule has 3 aliphatic rings. The molecule has 1 aromatic heterocycles. The van der Waals surface area contributed by atoms with Crippen molar-refractivity contribution in [2.75, 3.05) is 6.61 Å². The normalized spacial score (nSPS) is 34.7. The number of hydrogen-bond acceptors (Lipinski definition) is 9. The Kier molecular flexibility index (Phi) is 4.43. The van der Waals surface area contributed by atoms with E-state index in [0.29, 0.717) is 0 Å². The van der Waals surface area contributed by atoms with Crippen LogP contribution in [0.5, 0.6) is 0 Å². The molecular weight excluding hydrogens is 398 g/mol. The number of nitrogens with zero attached hydrogens (tertiary/aromatic N) is 3. The minimum Gasteiger partial charge on any atom is -0.467 e. The highest BCUT2D eigenvalue weighted by Crippen LogP contribution is 2.44. The van der Waals surface area contributed by atoms with Crippen LogP contribution in [0.3, 0.4) is 0 Å². The summed E-state index contributed by atoms with van der Waals surface area (Å²) in [6.45, 7) is 7.58. The average molecular weight is 421 g/mol. The molecule has 29 heavy (non-hydrogen) atoms. The predicted octanol–water partition coefficient (Wildman–Crippen LogP) is 1.98. The number of fused-ring (bicyclic) bond motifs is 4. The predicted molar refractivity (Wildman–Crippen MR) is 104 cm³/mol. The maximum absolute atomic E-state index is 6.13. The van der Waals surface area contributed by atoms with Crippen molar-refractivity contribution in [3.05, 3.63) is 24.3 Å². The minimum atomic E-state index is -0.763. The van der Waals surface area contributed by atoms with Gasteiger partial charge in [-0.2, -0.15) is 4.68 Å². The molecule has 3 fully saturated rings. The van der Waals surface area contributed by atoms with Crippen LogP contribution in [0.25, 0.3) is 11.0 Å². The fourth-order valence-electron chi connectivity index (χ4n) is 4.05. The topological polar surface area (TPSA) is 86.1 Å². The van der Waals surface area contributed by atoms with Gasteiger partial charge in [-0.25, -0.2) is 0 Å². The number of ether oxygens (including phenoxy) is 6. The van der Waals surface area contributed by atoms with Gasteiger partial charge in [0.25, 0.3) is 5.17 Å². The Bertz CT molecular complexity index is 947. The van der Waals surface area contributed by atoms with Crippen molar-refractivity contribution in [1.29, 1.82) is 0 Å². The number of rotatable bonds is 2. The summed E-state index contributed by atoms with van der Waals surface area (Å²) in [6, 6.07) is 7.53. The van der Waals surface area contributed by atoms with E-state index in [2.05, 4.69) is 10.3 Å². The lowest BCUT2D eigenvalue weighted by Gasteiger charge is -2.37. The summed E-state index contributed by atoms with van der Waals surface area (Å²) in [4.78, 5) is 0. The lowest BCUT2D eigenvalue weighted by Crippen LogP contribution is -2.56. The van der Waals surface area contributed by atoms with Gasteiger partial charge in [0.1, 0.15) is 36.5 Å². The monoisotopic (exact) mass is 421 g/mol. The summed E-state index contributed by atoms with van der Waals surface area (Å²) in [5, 5.41) is 8.36. The molecule has 10 heteroatoms. The third kappa shape index (κ3) is 3.43. The molecule has 0 N–H and O–H groups in total. The molecule has 3 saturated heterocycles. The quantitative estimate of drug-likeness (QED) is 0.676. The standard InChI is InChI=1S/C19H23N3O6S/c1-18(2)25-13-12(24-16-15(14(13)26-18)27-19(3,4)28-16)9-23-17(29)22-11-8-6-5-7-10(11)20-21-22/h5-8,12-16H,9H2,1-4H3/t12-,13+,14+,15-,16-/m1/s1. The zero-order chi connectivity index (χ0) is 20.4. The van der Waals surface area contributed by atoms with E-state index in [4.69, 9.17) is 40.6 Å². The van der Waals surface area contributed by atoms with Crippen LogP contribution in [0.1, 0.15) is 27.7 Å². The van der Waals surface area contributed by atoms with Crippen molar-refractivity contribution in [1.82, 2.24) is 15.0 Å². The molecule has 0 amide bonds. The Labute approximate surface area is 173 Å². The van der Waals surface area contributed by atoms with Gasteiger partial charge in [0.05, 0.1) is 5.52 Å². The molecule has 5 atom stereocenters. The number of thiocarbonyl (C=S) groups is 1. The molecule has 3 aliphatic heterocycles. The first-order valence-electron chi connectivity index (χ1n) is 9.57. The van der Waals surface area contributed by atoms with Crippen LogP contribution < -0.4 is 0 Å². The van der Waals surface area contributed by atoms with Crippen LogP contribution in [0.2, 0.25) is 0 Å². The van der Waals surface area contributed by atoms with Gasteiger partial charge >= 0.3 is 0 Å². The van der Waals surface area contributed by atoms with Crippen molar-refractivity contribution >= 4 is 28.4 Å². The van der Waals surface area contributed by atoms with E-state index in [-0.39, 0.29) is 30.1 Å². The smallest absolute Gasteiger partial charge is 0.286 e. The molecule has 0 unspecified atom stereocenters. The van der Waals surface area contributed by atoms with E-state index < -0.39 is 24.0 Å². The first-order valence-corrected chi connectivity index (χ1v) is 9.98. The van der Waals surface area contributed by atoms with Crippen molar-refractivity contribution < 1.29 is 28.4 Å². The number of benzene rings is 1.